The van der Waals surface area contributed by atoms with Gasteiger partial charge in [-0.3, -0.25) is 9.59 Å². The van der Waals surface area contributed by atoms with Gasteiger partial charge in [-0.2, -0.15) is 0 Å². The molecule has 0 bridgehead atoms. The number of hydrogen-bond acceptors (Lipinski definition) is 4. The zero-order valence-electron chi connectivity index (χ0n) is 19.7. The molecule has 0 unspecified atom stereocenters. The van der Waals surface area contributed by atoms with Gasteiger partial charge in [0.25, 0.3) is 0 Å². The summed E-state index contributed by atoms with van der Waals surface area (Å²) in [5, 5.41) is 12.7. The highest BCUT2D eigenvalue weighted by molar-refractivity contribution is 5.83. The molecular weight excluding hydrogens is 444 g/mol. The summed E-state index contributed by atoms with van der Waals surface area (Å²) in [6, 6.07) is 16.4. The van der Waals surface area contributed by atoms with E-state index in [1.807, 2.05) is 24.3 Å². The van der Waals surface area contributed by atoms with Crippen molar-refractivity contribution in [3.8, 4) is 11.1 Å². The Kier molecular flexibility index (Phi) is 5.13. The predicted molar refractivity (Wildman–Crippen MR) is 129 cm³/mol. The molecule has 2 atom stereocenters. The van der Waals surface area contributed by atoms with Crippen LogP contribution in [-0.2, 0) is 14.3 Å². The Bertz CT molecular complexity index is 1160. The molecule has 4 aliphatic rings. The van der Waals surface area contributed by atoms with Crippen LogP contribution in [0, 0.1) is 11.3 Å². The van der Waals surface area contributed by atoms with Gasteiger partial charge < -0.3 is 20.1 Å². The summed E-state index contributed by atoms with van der Waals surface area (Å²) in [5.74, 6) is -0.833. The molecule has 3 aliphatic carbocycles. The Morgan fingerprint density at radius 3 is 2.26 bits per heavy atom. The summed E-state index contributed by atoms with van der Waals surface area (Å²) in [4.78, 5) is 39.5. The second kappa shape index (κ2) is 8.11. The number of ether oxygens (including phenoxy) is 1. The van der Waals surface area contributed by atoms with Gasteiger partial charge in [0, 0.05) is 19.0 Å². The van der Waals surface area contributed by atoms with Crippen molar-refractivity contribution in [1.29, 1.82) is 0 Å². The van der Waals surface area contributed by atoms with E-state index in [9.17, 15) is 19.5 Å². The highest BCUT2D eigenvalue weighted by atomic mass is 16.5. The van der Waals surface area contributed by atoms with Crippen molar-refractivity contribution in [2.24, 2.45) is 11.3 Å². The van der Waals surface area contributed by atoms with Crippen molar-refractivity contribution in [3.05, 3.63) is 59.7 Å². The Morgan fingerprint density at radius 1 is 1.00 bits per heavy atom. The minimum atomic E-state index is -0.785. The fourth-order valence-electron chi connectivity index (χ4n) is 6.58. The van der Waals surface area contributed by atoms with Crippen LogP contribution >= 0.6 is 0 Å². The van der Waals surface area contributed by atoms with Crippen molar-refractivity contribution >= 4 is 18.0 Å². The first-order chi connectivity index (χ1) is 16.9. The van der Waals surface area contributed by atoms with E-state index < -0.39 is 23.0 Å². The van der Waals surface area contributed by atoms with Crippen molar-refractivity contribution in [3.63, 3.8) is 0 Å². The molecule has 2 aromatic carbocycles. The maximum absolute atomic E-state index is 13.1. The van der Waals surface area contributed by atoms with Crippen LogP contribution < -0.4 is 5.32 Å². The lowest BCUT2D eigenvalue weighted by Crippen LogP contribution is -2.43. The number of carboxylic acid groups (broad SMARTS) is 1. The first kappa shape index (κ1) is 22.1. The molecule has 0 spiro atoms. The number of hydrogen-bond donors (Lipinski definition) is 2. The van der Waals surface area contributed by atoms with E-state index in [2.05, 4.69) is 29.6 Å². The standard InChI is InChI=1S/C28H30N2O5/c31-24(30-15-18-6-5-11-28(18,17-30)25(32)33)14-27(12-13-27)29-26(34)35-16-23-21-9-3-1-7-19(21)20-8-2-4-10-22(20)23/h1-4,7-10,18,23H,5-6,11-17H2,(H,29,34)(H,32,33)/t18-,28-/m0/s1. The maximum Gasteiger partial charge on any atom is 0.407 e. The van der Waals surface area contributed by atoms with Crippen molar-refractivity contribution < 1.29 is 24.2 Å². The smallest absolute Gasteiger partial charge is 0.407 e. The summed E-state index contributed by atoms with van der Waals surface area (Å²) >= 11 is 0. The van der Waals surface area contributed by atoms with Crippen molar-refractivity contribution in [2.75, 3.05) is 19.7 Å². The minimum Gasteiger partial charge on any atom is -0.481 e. The largest absolute Gasteiger partial charge is 0.481 e. The third-order valence-corrected chi connectivity index (χ3v) is 8.70. The molecule has 7 nitrogen and oxygen atoms in total. The number of aliphatic carboxylic acids is 1. The Labute approximate surface area is 204 Å². The molecule has 0 radical (unpaired) electrons. The van der Waals surface area contributed by atoms with E-state index in [4.69, 9.17) is 4.74 Å². The normalized spacial score (nSPS) is 25.5. The third kappa shape index (κ3) is 3.68. The molecule has 2 aromatic rings. The Morgan fingerprint density at radius 2 is 1.66 bits per heavy atom. The lowest BCUT2D eigenvalue weighted by atomic mass is 9.81. The molecule has 182 valence electrons. The second-order valence-corrected chi connectivity index (χ2v) is 10.7. The van der Waals surface area contributed by atoms with Crippen LogP contribution in [0.5, 0.6) is 0 Å². The van der Waals surface area contributed by atoms with E-state index in [1.165, 1.54) is 11.1 Å². The van der Waals surface area contributed by atoms with Crippen LogP contribution in [-0.4, -0.2) is 53.2 Å². The molecule has 35 heavy (non-hydrogen) atoms. The summed E-state index contributed by atoms with van der Waals surface area (Å²) in [6.07, 6.45) is 3.55. The zero-order chi connectivity index (χ0) is 24.2. The van der Waals surface area contributed by atoms with Crippen molar-refractivity contribution in [1.82, 2.24) is 10.2 Å². The summed E-state index contributed by atoms with van der Waals surface area (Å²) in [6.45, 7) is 1.03. The maximum atomic E-state index is 13.1. The van der Waals surface area contributed by atoms with E-state index in [0.29, 0.717) is 13.0 Å². The number of carbonyl (C=O) groups excluding carboxylic acids is 2. The zero-order valence-corrected chi connectivity index (χ0v) is 19.7. The monoisotopic (exact) mass is 474 g/mol. The van der Waals surface area contributed by atoms with Gasteiger partial charge >= 0.3 is 12.1 Å². The number of benzene rings is 2. The number of fused-ring (bicyclic) bond motifs is 4. The summed E-state index contributed by atoms with van der Waals surface area (Å²) in [7, 11) is 0. The average molecular weight is 475 g/mol. The third-order valence-electron chi connectivity index (χ3n) is 8.70. The summed E-state index contributed by atoms with van der Waals surface area (Å²) < 4.78 is 5.68. The average Bonchev–Trinajstić information content (AvgIpc) is 3.19. The molecule has 0 aromatic heterocycles. The SMILES string of the molecule is O=C(NC1(CC(=O)N2C[C@@H]3CCC[C@]3(C(=O)O)C2)CC1)OCC1c2ccccc2-c2ccccc21. The fraction of sp³-hybridized carbons (Fsp3) is 0.464. The minimum absolute atomic E-state index is 0.0128. The van der Waals surface area contributed by atoms with Gasteiger partial charge in [0.15, 0.2) is 0 Å². The number of carboxylic acids is 1. The number of rotatable bonds is 6. The van der Waals surface area contributed by atoms with Gasteiger partial charge in [-0.05, 0) is 53.9 Å². The number of nitrogens with zero attached hydrogens (tertiary/aromatic N) is 1. The fourth-order valence-corrected chi connectivity index (χ4v) is 6.58. The van der Waals surface area contributed by atoms with Crippen LogP contribution in [0.1, 0.15) is 55.6 Å². The predicted octanol–water partition coefficient (Wildman–Crippen LogP) is 4.16. The molecule has 2 saturated carbocycles. The number of amides is 2. The molecule has 2 amide bonds. The molecule has 2 N–H and O–H groups in total. The van der Waals surface area contributed by atoms with Crippen LogP contribution in [0.2, 0.25) is 0 Å². The molecule has 1 saturated heterocycles. The molecule has 1 heterocycles. The second-order valence-electron chi connectivity index (χ2n) is 10.7. The molecule has 6 rings (SSSR count). The number of nitrogens with one attached hydrogen (secondary N) is 1. The molecular formula is C28H30N2O5. The van der Waals surface area contributed by atoms with Gasteiger partial charge in [0.2, 0.25) is 5.91 Å². The van der Waals surface area contributed by atoms with Gasteiger partial charge in [0.1, 0.15) is 6.61 Å². The van der Waals surface area contributed by atoms with Gasteiger partial charge in [-0.15, -0.1) is 0 Å². The van der Waals surface area contributed by atoms with E-state index in [0.717, 1.165) is 36.8 Å². The first-order valence-electron chi connectivity index (χ1n) is 12.6. The Balaban J connectivity index is 1.07. The van der Waals surface area contributed by atoms with E-state index in [1.54, 1.807) is 4.90 Å². The van der Waals surface area contributed by atoms with E-state index >= 15 is 0 Å². The molecule has 1 aliphatic heterocycles. The first-order valence-corrected chi connectivity index (χ1v) is 12.6. The number of likely N-dealkylation sites (tertiary alicyclic amines) is 1. The van der Waals surface area contributed by atoms with Crippen LogP contribution in [0.3, 0.4) is 0 Å². The van der Waals surface area contributed by atoms with Gasteiger partial charge in [-0.25, -0.2) is 4.79 Å². The highest BCUT2D eigenvalue weighted by Crippen LogP contribution is 2.50. The molecule has 3 fully saturated rings. The van der Waals surface area contributed by atoms with E-state index in [-0.39, 0.29) is 37.3 Å². The molecule has 7 heteroatoms. The number of alkyl carbamates (subject to hydrolysis) is 1. The Hall–Kier alpha value is -3.35. The van der Waals surface area contributed by atoms with Crippen LogP contribution in [0.4, 0.5) is 4.79 Å². The van der Waals surface area contributed by atoms with Crippen molar-refractivity contribution in [2.45, 2.75) is 50.0 Å². The van der Waals surface area contributed by atoms with Crippen LogP contribution in [0.25, 0.3) is 11.1 Å². The lowest BCUT2D eigenvalue weighted by Gasteiger charge is -2.25. The lowest BCUT2D eigenvalue weighted by molar-refractivity contribution is -0.149. The van der Waals surface area contributed by atoms with Crippen LogP contribution in [0.15, 0.2) is 48.5 Å². The van der Waals surface area contributed by atoms with Gasteiger partial charge in [-0.1, -0.05) is 55.0 Å². The topological polar surface area (TPSA) is 95.9 Å². The quantitative estimate of drug-likeness (QED) is 0.655. The summed E-state index contributed by atoms with van der Waals surface area (Å²) in [5.41, 5.74) is 3.31. The number of carbonyl (C=O) groups is 3. The highest BCUT2D eigenvalue weighted by Gasteiger charge is 2.57. The van der Waals surface area contributed by atoms with Gasteiger partial charge in [0.05, 0.1) is 17.4 Å².